The fourth-order valence-corrected chi connectivity index (χ4v) is 6.93. The van der Waals surface area contributed by atoms with Crippen LogP contribution in [0.15, 0.2) is 0 Å². The van der Waals surface area contributed by atoms with Gasteiger partial charge >= 0.3 is 0 Å². The van der Waals surface area contributed by atoms with Gasteiger partial charge in [0, 0.05) is 25.6 Å². The Bertz CT molecular complexity index is 558. The van der Waals surface area contributed by atoms with Crippen molar-refractivity contribution in [2.45, 2.75) is 25.3 Å². The van der Waals surface area contributed by atoms with Gasteiger partial charge < -0.3 is 14.8 Å². The molecule has 0 aromatic rings. The summed E-state index contributed by atoms with van der Waals surface area (Å²) in [6.45, 7) is 8.18. The van der Waals surface area contributed by atoms with E-state index in [1.54, 1.807) is 0 Å². The van der Waals surface area contributed by atoms with Crippen molar-refractivity contribution >= 4 is 10.0 Å². The van der Waals surface area contributed by atoms with Gasteiger partial charge in [-0.2, -0.15) is 4.31 Å². The molecule has 0 amide bonds. The summed E-state index contributed by atoms with van der Waals surface area (Å²) in [5.74, 6) is 0.630. The van der Waals surface area contributed by atoms with Crippen LogP contribution in [0.2, 0.25) is 0 Å². The molecule has 0 radical (unpaired) electrons. The van der Waals surface area contributed by atoms with Crippen molar-refractivity contribution in [2.75, 3.05) is 71.4 Å². The highest BCUT2D eigenvalue weighted by molar-refractivity contribution is 7.89. The Morgan fingerprint density at radius 2 is 1.84 bits per heavy atom. The van der Waals surface area contributed by atoms with Crippen LogP contribution in [0.3, 0.4) is 0 Å². The fourth-order valence-electron chi connectivity index (χ4n) is 5.13. The maximum absolute atomic E-state index is 13.1. The third kappa shape index (κ3) is 3.61. The van der Waals surface area contributed by atoms with Crippen molar-refractivity contribution in [1.82, 2.24) is 14.5 Å². The third-order valence-electron chi connectivity index (χ3n) is 6.61. The largest absolute Gasteiger partial charge is 0.379 e. The van der Waals surface area contributed by atoms with E-state index in [1.807, 2.05) is 4.31 Å². The van der Waals surface area contributed by atoms with Gasteiger partial charge in [-0.15, -0.1) is 0 Å². The van der Waals surface area contributed by atoms with E-state index in [-0.39, 0.29) is 17.2 Å². The van der Waals surface area contributed by atoms with Gasteiger partial charge in [0.2, 0.25) is 10.0 Å². The smallest absolute Gasteiger partial charge is 0.214 e. The Hall–Kier alpha value is -0.250. The Labute approximate surface area is 151 Å². The summed E-state index contributed by atoms with van der Waals surface area (Å²) in [7, 11) is -3.22. The lowest BCUT2D eigenvalue weighted by atomic mass is 9.70. The number of piperidine rings is 1. The number of nitrogens with zero attached hydrogens (tertiary/aromatic N) is 2. The van der Waals surface area contributed by atoms with Crippen LogP contribution in [0, 0.1) is 11.3 Å². The number of rotatable bonds is 5. The lowest BCUT2D eigenvalue weighted by molar-refractivity contribution is 0.0380. The SMILES string of the molecule is O=S(=O)(CCCN1CCOCC1)N1CC2(CCNCC2)[C@H]2COC[C@H]21. The Kier molecular flexibility index (Phi) is 5.37. The number of fused-ring (bicyclic) bond motifs is 2. The summed E-state index contributed by atoms with van der Waals surface area (Å²) < 4.78 is 39.0. The van der Waals surface area contributed by atoms with Crippen LogP contribution in [-0.2, 0) is 19.5 Å². The zero-order valence-electron chi connectivity index (χ0n) is 15.0. The molecule has 2 atom stereocenters. The molecule has 0 aromatic carbocycles. The molecule has 4 fully saturated rings. The summed E-state index contributed by atoms with van der Waals surface area (Å²) in [6, 6.07) is 0.0616. The minimum Gasteiger partial charge on any atom is -0.379 e. The van der Waals surface area contributed by atoms with Gasteiger partial charge in [0.05, 0.1) is 38.2 Å². The molecule has 4 aliphatic rings. The minimum atomic E-state index is -3.22. The number of sulfonamides is 1. The molecule has 1 N–H and O–H groups in total. The van der Waals surface area contributed by atoms with Crippen LogP contribution in [-0.4, -0.2) is 95.1 Å². The predicted octanol–water partition coefficient (Wildman–Crippen LogP) is -0.261. The first-order valence-electron chi connectivity index (χ1n) is 9.69. The van der Waals surface area contributed by atoms with Crippen molar-refractivity contribution in [3.8, 4) is 0 Å². The lowest BCUT2D eigenvalue weighted by Gasteiger charge is -2.37. The van der Waals surface area contributed by atoms with Crippen LogP contribution < -0.4 is 5.32 Å². The molecule has 7 nitrogen and oxygen atoms in total. The third-order valence-corrected chi connectivity index (χ3v) is 8.53. The summed E-state index contributed by atoms with van der Waals surface area (Å²) in [6.07, 6.45) is 2.83. The van der Waals surface area contributed by atoms with E-state index < -0.39 is 10.0 Å². The molecule has 144 valence electrons. The monoisotopic (exact) mass is 373 g/mol. The van der Waals surface area contributed by atoms with Crippen LogP contribution in [0.25, 0.3) is 0 Å². The predicted molar refractivity (Wildman–Crippen MR) is 95.0 cm³/mol. The van der Waals surface area contributed by atoms with Crippen molar-refractivity contribution in [3.05, 3.63) is 0 Å². The van der Waals surface area contributed by atoms with Gasteiger partial charge in [-0.25, -0.2) is 8.42 Å². The lowest BCUT2D eigenvalue weighted by Crippen LogP contribution is -2.43. The van der Waals surface area contributed by atoms with Crippen molar-refractivity contribution < 1.29 is 17.9 Å². The van der Waals surface area contributed by atoms with Gasteiger partial charge in [-0.05, 0) is 44.3 Å². The maximum atomic E-state index is 13.1. The molecule has 0 aliphatic carbocycles. The first kappa shape index (κ1) is 18.1. The Morgan fingerprint density at radius 3 is 2.60 bits per heavy atom. The zero-order valence-corrected chi connectivity index (χ0v) is 15.8. The van der Waals surface area contributed by atoms with E-state index in [2.05, 4.69) is 10.2 Å². The average molecular weight is 374 g/mol. The van der Waals surface area contributed by atoms with Gasteiger partial charge in [0.1, 0.15) is 0 Å². The van der Waals surface area contributed by atoms with Crippen LogP contribution >= 0.6 is 0 Å². The molecule has 4 rings (SSSR count). The maximum Gasteiger partial charge on any atom is 0.214 e. The van der Waals surface area contributed by atoms with E-state index in [0.717, 1.165) is 65.4 Å². The zero-order chi connectivity index (χ0) is 17.3. The topological polar surface area (TPSA) is 71.1 Å². The van der Waals surface area contributed by atoms with E-state index in [9.17, 15) is 8.42 Å². The number of nitrogens with one attached hydrogen (secondary N) is 1. The first-order valence-corrected chi connectivity index (χ1v) is 11.3. The number of hydrogen-bond donors (Lipinski definition) is 1. The highest BCUT2D eigenvalue weighted by Crippen LogP contribution is 2.50. The summed E-state index contributed by atoms with van der Waals surface area (Å²) in [5, 5.41) is 3.42. The molecule has 8 heteroatoms. The molecule has 4 aliphatic heterocycles. The number of morpholine rings is 1. The minimum absolute atomic E-state index is 0.0616. The van der Waals surface area contributed by atoms with E-state index >= 15 is 0 Å². The Morgan fingerprint density at radius 1 is 1.08 bits per heavy atom. The highest BCUT2D eigenvalue weighted by Gasteiger charge is 2.57. The van der Waals surface area contributed by atoms with Crippen LogP contribution in [0.5, 0.6) is 0 Å². The molecule has 1 spiro atoms. The number of ether oxygens (including phenoxy) is 2. The van der Waals surface area contributed by atoms with Crippen molar-refractivity contribution in [2.24, 2.45) is 11.3 Å². The van der Waals surface area contributed by atoms with Crippen molar-refractivity contribution in [3.63, 3.8) is 0 Å². The summed E-state index contributed by atoms with van der Waals surface area (Å²) in [4.78, 5) is 2.30. The van der Waals surface area contributed by atoms with E-state index in [4.69, 9.17) is 9.47 Å². The standard InChI is InChI=1S/C17H31N3O4S/c21-25(22,11-1-6-19-7-9-23-10-8-19)20-14-17(2-4-18-5-3-17)15-12-24-13-16(15)20/h15-16,18H,1-14H2/t15-,16+/m0/s1. The normalized spacial score (nSPS) is 33.8. The molecular weight excluding hydrogens is 342 g/mol. The molecule has 0 saturated carbocycles. The van der Waals surface area contributed by atoms with Gasteiger partial charge in [-0.1, -0.05) is 0 Å². The van der Waals surface area contributed by atoms with Crippen LogP contribution in [0.1, 0.15) is 19.3 Å². The quantitative estimate of drug-likeness (QED) is 0.716. The molecule has 25 heavy (non-hydrogen) atoms. The molecular formula is C17H31N3O4S. The average Bonchev–Trinajstić information content (AvgIpc) is 3.21. The summed E-state index contributed by atoms with van der Waals surface area (Å²) >= 11 is 0. The van der Waals surface area contributed by atoms with Crippen LogP contribution in [0.4, 0.5) is 0 Å². The molecule has 0 aromatic heterocycles. The van der Waals surface area contributed by atoms with Gasteiger partial charge in [0.25, 0.3) is 0 Å². The van der Waals surface area contributed by atoms with E-state index in [1.165, 1.54) is 0 Å². The van der Waals surface area contributed by atoms with Gasteiger partial charge in [0.15, 0.2) is 0 Å². The first-order chi connectivity index (χ1) is 12.1. The summed E-state index contributed by atoms with van der Waals surface area (Å²) in [5.41, 5.74) is 0.129. The second kappa shape index (κ2) is 7.40. The van der Waals surface area contributed by atoms with E-state index in [0.29, 0.717) is 25.5 Å². The molecule has 4 heterocycles. The highest BCUT2D eigenvalue weighted by atomic mass is 32.2. The fraction of sp³-hybridized carbons (Fsp3) is 1.00. The second-order valence-electron chi connectivity index (χ2n) is 7.99. The number of hydrogen-bond acceptors (Lipinski definition) is 6. The molecule has 0 bridgehead atoms. The van der Waals surface area contributed by atoms with Crippen molar-refractivity contribution in [1.29, 1.82) is 0 Å². The molecule has 0 unspecified atom stereocenters. The second-order valence-corrected chi connectivity index (χ2v) is 10.0. The van der Waals surface area contributed by atoms with Gasteiger partial charge in [-0.3, -0.25) is 4.90 Å². The Balaban J connectivity index is 1.39. The molecule has 4 saturated heterocycles.